The van der Waals surface area contributed by atoms with Crippen LogP contribution in [-0.4, -0.2) is 16.8 Å². The summed E-state index contributed by atoms with van der Waals surface area (Å²) in [7, 11) is 0. The summed E-state index contributed by atoms with van der Waals surface area (Å²) in [6.45, 7) is 2.10. The van der Waals surface area contributed by atoms with Crippen molar-refractivity contribution in [3.8, 4) is 0 Å². The first-order valence-electron chi connectivity index (χ1n) is 6.32. The molecule has 0 bridgehead atoms. The molecule has 19 heavy (non-hydrogen) atoms. The van der Waals surface area contributed by atoms with Crippen molar-refractivity contribution in [1.29, 1.82) is 0 Å². The van der Waals surface area contributed by atoms with Gasteiger partial charge in [-0.2, -0.15) is 0 Å². The van der Waals surface area contributed by atoms with E-state index in [9.17, 15) is 0 Å². The summed E-state index contributed by atoms with van der Waals surface area (Å²) in [6.07, 6.45) is 4.57. The van der Waals surface area contributed by atoms with Crippen molar-refractivity contribution in [2.45, 2.75) is 24.3 Å². The van der Waals surface area contributed by atoms with Gasteiger partial charge in [-0.25, -0.2) is 0 Å². The summed E-state index contributed by atoms with van der Waals surface area (Å²) in [6, 6.07) is 12.8. The highest BCUT2D eigenvalue weighted by molar-refractivity contribution is 7.99. The van der Waals surface area contributed by atoms with E-state index in [1.807, 2.05) is 24.0 Å². The van der Waals surface area contributed by atoms with Gasteiger partial charge in [0.25, 0.3) is 0 Å². The van der Waals surface area contributed by atoms with Gasteiger partial charge in [0.15, 0.2) is 0 Å². The number of nitrogens with one attached hydrogen (secondary N) is 1. The van der Waals surface area contributed by atoms with Gasteiger partial charge in [0.2, 0.25) is 0 Å². The molecule has 2 aromatic rings. The lowest BCUT2D eigenvalue weighted by atomic mass is 10.1. The Balaban J connectivity index is 1.87. The summed E-state index contributed by atoms with van der Waals surface area (Å²) in [5.74, 6) is 6.56. The van der Waals surface area contributed by atoms with E-state index in [1.54, 1.807) is 6.20 Å². The Bertz CT molecular complexity index is 485. The predicted octanol–water partition coefficient (Wildman–Crippen LogP) is 2.56. The van der Waals surface area contributed by atoms with Crippen molar-refractivity contribution < 1.29 is 0 Å². The van der Waals surface area contributed by atoms with Crippen LogP contribution in [0.5, 0.6) is 0 Å². The third-order valence-electron chi connectivity index (χ3n) is 2.91. The van der Waals surface area contributed by atoms with Crippen LogP contribution in [0.2, 0.25) is 0 Å². The molecule has 0 aliphatic heterocycles. The second-order valence-electron chi connectivity index (χ2n) is 4.55. The molecule has 100 valence electrons. The SMILES string of the molecule is Cc1ccc(SCC(Cc2cccnc2)NN)cc1. The van der Waals surface area contributed by atoms with E-state index < -0.39 is 0 Å². The molecule has 1 unspecified atom stereocenters. The summed E-state index contributed by atoms with van der Waals surface area (Å²) in [4.78, 5) is 5.40. The molecule has 0 saturated heterocycles. The molecule has 0 fully saturated rings. The zero-order valence-corrected chi connectivity index (χ0v) is 11.9. The normalized spacial score (nSPS) is 12.3. The largest absolute Gasteiger partial charge is 0.271 e. The van der Waals surface area contributed by atoms with Gasteiger partial charge >= 0.3 is 0 Å². The average molecular weight is 273 g/mol. The summed E-state index contributed by atoms with van der Waals surface area (Å²) < 4.78 is 0. The van der Waals surface area contributed by atoms with E-state index in [-0.39, 0.29) is 6.04 Å². The van der Waals surface area contributed by atoms with Crippen molar-refractivity contribution in [2.24, 2.45) is 5.84 Å². The lowest BCUT2D eigenvalue weighted by molar-refractivity contribution is 0.575. The topological polar surface area (TPSA) is 50.9 Å². The summed E-state index contributed by atoms with van der Waals surface area (Å²) in [5.41, 5.74) is 5.37. The fraction of sp³-hybridized carbons (Fsp3) is 0.267. The van der Waals surface area contributed by atoms with Gasteiger partial charge < -0.3 is 0 Å². The Kier molecular flexibility index (Phi) is 5.39. The number of hydrazine groups is 1. The molecule has 0 saturated carbocycles. The quantitative estimate of drug-likeness (QED) is 0.482. The molecular weight excluding hydrogens is 254 g/mol. The number of pyridine rings is 1. The summed E-state index contributed by atoms with van der Waals surface area (Å²) in [5, 5.41) is 0. The van der Waals surface area contributed by atoms with E-state index in [2.05, 4.69) is 47.7 Å². The van der Waals surface area contributed by atoms with Crippen LogP contribution in [-0.2, 0) is 6.42 Å². The number of benzene rings is 1. The van der Waals surface area contributed by atoms with Gasteiger partial charge in [-0.3, -0.25) is 16.3 Å². The van der Waals surface area contributed by atoms with Crippen LogP contribution in [0.4, 0.5) is 0 Å². The lowest BCUT2D eigenvalue weighted by Gasteiger charge is -2.15. The second-order valence-corrected chi connectivity index (χ2v) is 5.65. The number of nitrogens with two attached hydrogens (primary N) is 1. The van der Waals surface area contributed by atoms with Gasteiger partial charge in [-0.05, 0) is 37.1 Å². The van der Waals surface area contributed by atoms with Crippen molar-refractivity contribution in [2.75, 3.05) is 5.75 Å². The van der Waals surface area contributed by atoms with Crippen LogP contribution in [0, 0.1) is 6.92 Å². The van der Waals surface area contributed by atoms with Crippen molar-refractivity contribution in [3.05, 3.63) is 59.9 Å². The van der Waals surface area contributed by atoms with E-state index in [0.717, 1.165) is 12.2 Å². The third-order valence-corrected chi connectivity index (χ3v) is 4.09. The lowest BCUT2D eigenvalue weighted by Crippen LogP contribution is -2.38. The van der Waals surface area contributed by atoms with Crippen molar-refractivity contribution >= 4 is 11.8 Å². The molecule has 0 aliphatic rings. The highest BCUT2D eigenvalue weighted by Crippen LogP contribution is 2.20. The number of nitrogens with zero attached hydrogens (tertiary/aromatic N) is 1. The molecule has 2 rings (SSSR count). The third kappa shape index (κ3) is 4.67. The zero-order valence-electron chi connectivity index (χ0n) is 11.0. The van der Waals surface area contributed by atoms with Gasteiger partial charge in [-0.1, -0.05) is 23.8 Å². The maximum atomic E-state index is 5.63. The first-order valence-corrected chi connectivity index (χ1v) is 7.31. The average Bonchev–Trinajstić information content (AvgIpc) is 2.46. The minimum Gasteiger partial charge on any atom is -0.271 e. The fourth-order valence-corrected chi connectivity index (χ4v) is 2.74. The van der Waals surface area contributed by atoms with E-state index >= 15 is 0 Å². The van der Waals surface area contributed by atoms with Crippen LogP contribution in [0.3, 0.4) is 0 Å². The highest BCUT2D eigenvalue weighted by Gasteiger charge is 2.08. The molecule has 0 aliphatic carbocycles. The van der Waals surface area contributed by atoms with Crippen LogP contribution < -0.4 is 11.3 Å². The number of hydrogen-bond acceptors (Lipinski definition) is 4. The van der Waals surface area contributed by atoms with Gasteiger partial charge in [-0.15, -0.1) is 11.8 Å². The van der Waals surface area contributed by atoms with Gasteiger partial charge in [0.1, 0.15) is 0 Å². The molecule has 0 radical (unpaired) electrons. The van der Waals surface area contributed by atoms with Crippen LogP contribution in [0.15, 0.2) is 53.7 Å². The maximum Gasteiger partial charge on any atom is 0.0345 e. The van der Waals surface area contributed by atoms with Crippen LogP contribution >= 0.6 is 11.8 Å². The van der Waals surface area contributed by atoms with Crippen molar-refractivity contribution in [3.63, 3.8) is 0 Å². The molecular formula is C15H19N3S. The maximum absolute atomic E-state index is 5.63. The molecule has 1 atom stereocenters. The Morgan fingerprint density at radius 2 is 2.05 bits per heavy atom. The number of aromatic nitrogens is 1. The highest BCUT2D eigenvalue weighted by atomic mass is 32.2. The minimum absolute atomic E-state index is 0.246. The van der Waals surface area contributed by atoms with Crippen LogP contribution in [0.1, 0.15) is 11.1 Å². The number of hydrogen-bond donors (Lipinski definition) is 2. The Morgan fingerprint density at radius 3 is 2.68 bits per heavy atom. The number of rotatable bonds is 6. The van der Waals surface area contributed by atoms with E-state index in [1.165, 1.54) is 16.0 Å². The fourth-order valence-electron chi connectivity index (χ4n) is 1.80. The molecule has 4 heteroatoms. The molecule has 0 spiro atoms. The molecule has 0 amide bonds. The van der Waals surface area contributed by atoms with Crippen LogP contribution in [0.25, 0.3) is 0 Å². The molecule has 1 heterocycles. The Hall–Kier alpha value is -1.36. The number of thioether (sulfide) groups is 1. The second kappa shape index (κ2) is 7.28. The minimum atomic E-state index is 0.246. The van der Waals surface area contributed by atoms with Crippen molar-refractivity contribution in [1.82, 2.24) is 10.4 Å². The Labute approximate surface area is 118 Å². The standard InChI is InChI=1S/C15H19N3S/c1-12-4-6-15(7-5-12)19-11-14(18-16)9-13-3-2-8-17-10-13/h2-8,10,14,18H,9,11,16H2,1H3. The first kappa shape index (κ1) is 14.1. The summed E-state index contributed by atoms with van der Waals surface area (Å²) >= 11 is 1.82. The molecule has 1 aromatic heterocycles. The predicted molar refractivity (Wildman–Crippen MR) is 81.0 cm³/mol. The first-order chi connectivity index (χ1) is 9.28. The Morgan fingerprint density at radius 1 is 1.26 bits per heavy atom. The molecule has 1 aromatic carbocycles. The molecule has 3 N–H and O–H groups in total. The van der Waals surface area contributed by atoms with Gasteiger partial charge in [0.05, 0.1) is 0 Å². The number of aryl methyl sites for hydroxylation is 1. The molecule has 3 nitrogen and oxygen atoms in total. The van der Waals surface area contributed by atoms with E-state index in [4.69, 9.17) is 5.84 Å². The van der Waals surface area contributed by atoms with E-state index in [0.29, 0.717) is 0 Å². The van der Waals surface area contributed by atoms with Gasteiger partial charge in [0, 0.05) is 29.1 Å². The monoisotopic (exact) mass is 273 g/mol. The smallest absolute Gasteiger partial charge is 0.0345 e. The zero-order chi connectivity index (χ0) is 13.5.